The van der Waals surface area contributed by atoms with Gasteiger partial charge in [0.05, 0.1) is 12.8 Å². The molecular formula is C14H20N2O4. The first-order valence-electron chi connectivity index (χ1n) is 6.29. The van der Waals surface area contributed by atoms with Crippen LogP contribution in [-0.2, 0) is 4.79 Å². The topological polar surface area (TPSA) is 78.9 Å². The molecule has 0 bridgehead atoms. The molecule has 0 radical (unpaired) electrons. The number of urea groups is 1. The first kappa shape index (κ1) is 15.8. The van der Waals surface area contributed by atoms with Crippen LogP contribution in [-0.4, -0.2) is 41.2 Å². The van der Waals surface area contributed by atoms with Crippen molar-refractivity contribution in [1.29, 1.82) is 0 Å². The standard InChI is InChI=1S/C14H20N2O4/c1-5-16(14(2,3)12(17)18)13(19)15-10-8-6-7-9-11(10)20-4/h6-9H,5H2,1-4H3,(H,15,19)(H,17,18). The summed E-state index contributed by atoms with van der Waals surface area (Å²) in [5.41, 5.74) is -0.791. The van der Waals surface area contributed by atoms with Gasteiger partial charge < -0.3 is 20.1 Å². The summed E-state index contributed by atoms with van der Waals surface area (Å²) in [5.74, 6) is -0.542. The minimum Gasteiger partial charge on any atom is -0.495 e. The highest BCUT2D eigenvalue weighted by Gasteiger charge is 2.37. The Bertz CT molecular complexity index is 500. The predicted octanol–water partition coefficient (Wildman–Crippen LogP) is 2.41. The van der Waals surface area contributed by atoms with Gasteiger partial charge in [-0.05, 0) is 32.9 Å². The van der Waals surface area contributed by atoms with Crippen molar-refractivity contribution < 1.29 is 19.4 Å². The van der Waals surface area contributed by atoms with E-state index >= 15 is 0 Å². The van der Waals surface area contributed by atoms with E-state index in [-0.39, 0.29) is 6.54 Å². The average Bonchev–Trinajstić information content (AvgIpc) is 2.39. The summed E-state index contributed by atoms with van der Waals surface area (Å²) >= 11 is 0. The van der Waals surface area contributed by atoms with Crippen LogP contribution in [0.5, 0.6) is 5.75 Å². The predicted molar refractivity (Wildman–Crippen MR) is 76.1 cm³/mol. The molecule has 6 heteroatoms. The second-order valence-electron chi connectivity index (χ2n) is 4.74. The van der Waals surface area contributed by atoms with Crippen molar-refractivity contribution in [3.8, 4) is 5.75 Å². The summed E-state index contributed by atoms with van der Waals surface area (Å²) in [6, 6.07) is 6.47. The zero-order valence-corrected chi connectivity index (χ0v) is 12.1. The molecule has 0 aliphatic rings. The van der Waals surface area contributed by atoms with Gasteiger partial charge in [-0.1, -0.05) is 12.1 Å². The Hall–Kier alpha value is -2.24. The van der Waals surface area contributed by atoms with E-state index in [0.29, 0.717) is 11.4 Å². The Labute approximate surface area is 118 Å². The number of carbonyl (C=O) groups excluding carboxylic acids is 1. The second kappa shape index (κ2) is 6.27. The maximum absolute atomic E-state index is 12.3. The number of para-hydroxylation sites is 2. The largest absolute Gasteiger partial charge is 0.495 e. The Balaban J connectivity index is 2.96. The van der Waals surface area contributed by atoms with Crippen molar-refractivity contribution >= 4 is 17.7 Å². The molecule has 0 aliphatic heterocycles. The molecule has 1 aromatic rings. The van der Waals surface area contributed by atoms with E-state index in [1.165, 1.54) is 25.9 Å². The fourth-order valence-corrected chi connectivity index (χ4v) is 1.84. The molecule has 0 aromatic heterocycles. The van der Waals surface area contributed by atoms with Gasteiger partial charge in [0.2, 0.25) is 0 Å². The van der Waals surface area contributed by atoms with E-state index in [2.05, 4.69) is 5.32 Å². The van der Waals surface area contributed by atoms with Crippen molar-refractivity contribution in [2.45, 2.75) is 26.3 Å². The summed E-state index contributed by atoms with van der Waals surface area (Å²) in [7, 11) is 1.50. The molecule has 110 valence electrons. The Morgan fingerprint density at radius 3 is 2.45 bits per heavy atom. The molecule has 1 rings (SSSR count). The molecule has 0 fully saturated rings. The number of rotatable bonds is 5. The van der Waals surface area contributed by atoms with Gasteiger partial charge in [-0.2, -0.15) is 0 Å². The van der Waals surface area contributed by atoms with Crippen molar-refractivity contribution in [3.05, 3.63) is 24.3 Å². The minimum absolute atomic E-state index is 0.278. The number of hydrogen-bond acceptors (Lipinski definition) is 3. The van der Waals surface area contributed by atoms with Crippen molar-refractivity contribution in [2.24, 2.45) is 0 Å². The number of nitrogens with zero attached hydrogens (tertiary/aromatic N) is 1. The number of anilines is 1. The van der Waals surface area contributed by atoms with Crippen molar-refractivity contribution in [3.63, 3.8) is 0 Å². The van der Waals surface area contributed by atoms with E-state index in [1.807, 2.05) is 0 Å². The minimum atomic E-state index is -1.29. The zero-order valence-electron chi connectivity index (χ0n) is 12.1. The quantitative estimate of drug-likeness (QED) is 0.868. The van der Waals surface area contributed by atoms with Gasteiger partial charge in [-0.25, -0.2) is 9.59 Å². The Morgan fingerprint density at radius 1 is 1.35 bits per heavy atom. The molecule has 0 saturated carbocycles. The number of carbonyl (C=O) groups is 2. The van der Waals surface area contributed by atoms with Crippen LogP contribution in [0.2, 0.25) is 0 Å². The van der Waals surface area contributed by atoms with Gasteiger partial charge in [0.1, 0.15) is 11.3 Å². The molecule has 0 saturated heterocycles. The molecular weight excluding hydrogens is 260 g/mol. The van der Waals surface area contributed by atoms with Crippen LogP contribution in [0.4, 0.5) is 10.5 Å². The maximum Gasteiger partial charge on any atom is 0.329 e. The number of benzene rings is 1. The fourth-order valence-electron chi connectivity index (χ4n) is 1.84. The number of carboxylic acid groups (broad SMARTS) is 1. The van der Waals surface area contributed by atoms with Gasteiger partial charge in [-0.3, -0.25) is 0 Å². The normalized spacial score (nSPS) is 10.8. The summed E-state index contributed by atoms with van der Waals surface area (Å²) in [6.45, 7) is 4.98. The molecule has 1 aromatic carbocycles. The molecule has 20 heavy (non-hydrogen) atoms. The first-order valence-corrected chi connectivity index (χ1v) is 6.29. The van der Waals surface area contributed by atoms with E-state index in [4.69, 9.17) is 4.74 Å². The number of methoxy groups -OCH3 is 1. The molecule has 0 heterocycles. The van der Waals surface area contributed by atoms with Gasteiger partial charge in [0.15, 0.2) is 0 Å². The summed E-state index contributed by atoms with van der Waals surface area (Å²) in [6.07, 6.45) is 0. The molecule has 0 atom stereocenters. The summed E-state index contributed by atoms with van der Waals surface area (Å²) in [4.78, 5) is 24.8. The summed E-state index contributed by atoms with van der Waals surface area (Å²) in [5, 5.41) is 11.9. The molecule has 0 unspecified atom stereocenters. The van der Waals surface area contributed by atoms with E-state index in [1.54, 1.807) is 31.2 Å². The Morgan fingerprint density at radius 2 is 1.95 bits per heavy atom. The lowest BCUT2D eigenvalue weighted by molar-refractivity contribution is -0.147. The van der Waals surface area contributed by atoms with Gasteiger partial charge >= 0.3 is 12.0 Å². The third-order valence-corrected chi connectivity index (χ3v) is 3.11. The molecule has 2 amide bonds. The first-order chi connectivity index (χ1) is 9.34. The highest BCUT2D eigenvalue weighted by Crippen LogP contribution is 2.24. The third kappa shape index (κ3) is 3.20. The van der Waals surface area contributed by atoms with E-state index in [0.717, 1.165) is 0 Å². The number of hydrogen-bond donors (Lipinski definition) is 2. The lowest BCUT2D eigenvalue weighted by Crippen LogP contribution is -2.54. The van der Waals surface area contributed by atoms with Crippen molar-refractivity contribution in [2.75, 3.05) is 19.0 Å². The number of aliphatic carboxylic acids is 1. The number of ether oxygens (including phenoxy) is 1. The SMILES string of the molecule is CCN(C(=O)Nc1ccccc1OC)C(C)(C)C(=O)O. The zero-order chi connectivity index (χ0) is 15.3. The van der Waals surface area contributed by atoms with Gasteiger partial charge in [0.25, 0.3) is 0 Å². The third-order valence-electron chi connectivity index (χ3n) is 3.11. The lowest BCUT2D eigenvalue weighted by Gasteiger charge is -2.34. The van der Waals surface area contributed by atoms with Crippen LogP contribution in [0.15, 0.2) is 24.3 Å². The molecule has 6 nitrogen and oxygen atoms in total. The lowest BCUT2D eigenvalue weighted by atomic mass is 10.0. The fraction of sp³-hybridized carbons (Fsp3) is 0.429. The maximum atomic E-state index is 12.3. The van der Waals surface area contributed by atoms with Crippen LogP contribution in [0.25, 0.3) is 0 Å². The molecule has 0 aliphatic carbocycles. The van der Waals surface area contributed by atoms with Gasteiger partial charge in [-0.15, -0.1) is 0 Å². The van der Waals surface area contributed by atoms with Crippen LogP contribution in [0.3, 0.4) is 0 Å². The van der Waals surface area contributed by atoms with Crippen molar-refractivity contribution in [1.82, 2.24) is 4.90 Å². The van der Waals surface area contributed by atoms with Crippen LogP contribution in [0.1, 0.15) is 20.8 Å². The number of carboxylic acids is 1. The number of nitrogens with one attached hydrogen (secondary N) is 1. The second-order valence-corrected chi connectivity index (χ2v) is 4.74. The van der Waals surface area contributed by atoms with Crippen LogP contribution < -0.4 is 10.1 Å². The molecule has 2 N–H and O–H groups in total. The molecule has 0 spiro atoms. The van der Waals surface area contributed by atoms with Crippen LogP contribution in [0, 0.1) is 0 Å². The number of amides is 2. The van der Waals surface area contributed by atoms with Gasteiger partial charge in [0, 0.05) is 6.54 Å². The average molecular weight is 280 g/mol. The highest BCUT2D eigenvalue weighted by molar-refractivity contribution is 5.94. The monoisotopic (exact) mass is 280 g/mol. The summed E-state index contributed by atoms with van der Waals surface area (Å²) < 4.78 is 5.14. The smallest absolute Gasteiger partial charge is 0.329 e. The van der Waals surface area contributed by atoms with E-state index in [9.17, 15) is 14.7 Å². The highest BCUT2D eigenvalue weighted by atomic mass is 16.5. The Kier molecular flexibility index (Phi) is 4.96. The van der Waals surface area contributed by atoms with Crippen LogP contribution >= 0.6 is 0 Å². The van der Waals surface area contributed by atoms with E-state index < -0.39 is 17.5 Å². The number of likely N-dealkylation sites (N-methyl/N-ethyl adjacent to an activating group) is 1.